The van der Waals surface area contributed by atoms with Gasteiger partial charge >= 0.3 is 0 Å². The maximum absolute atomic E-state index is 11.9. The quantitative estimate of drug-likeness (QED) is 0.346. The summed E-state index contributed by atoms with van der Waals surface area (Å²) in [5.41, 5.74) is 5.03. The number of nitrogens with one attached hydrogen (secondary N) is 3. The van der Waals surface area contributed by atoms with Crippen molar-refractivity contribution in [2.45, 2.75) is 43.6 Å². The van der Waals surface area contributed by atoms with E-state index in [2.05, 4.69) is 60.3 Å². The molecule has 37 heavy (non-hydrogen) atoms. The molecule has 0 spiro atoms. The summed E-state index contributed by atoms with van der Waals surface area (Å²) < 4.78 is 32.1. The van der Waals surface area contributed by atoms with E-state index in [0.29, 0.717) is 37.0 Å². The summed E-state index contributed by atoms with van der Waals surface area (Å²) in [6, 6.07) is 12.5. The Kier molecular flexibility index (Phi) is 6.43. The minimum Gasteiger partial charge on any atom is -0.374 e. The molecule has 11 heteroatoms. The van der Waals surface area contributed by atoms with Gasteiger partial charge < -0.3 is 20.3 Å². The molecule has 0 amide bonds. The molecular weight excluding hydrogens is 490 g/mol. The van der Waals surface area contributed by atoms with Crippen molar-refractivity contribution in [2.24, 2.45) is 0 Å². The van der Waals surface area contributed by atoms with Gasteiger partial charge in [-0.25, -0.2) is 28.1 Å². The van der Waals surface area contributed by atoms with Gasteiger partial charge in [0.25, 0.3) is 0 Å². The summed E-state index contributed by atoms with van der Waals surface area (Å²) in [5.74, 6) is 1.19. The molecule has 4 heterocycles. The SMILES string of the molecule is Cc1cc(Nc2nccc(-c3ccc(NCCNS(=O)(=O)C4CC4)nc3)n2)ccc1N1CC2CC1CO2. The van der Waals surface area contributed by atoms with Crippen molar-refractivity contribution in [3.8, 4) is 11.3 Å². The third kappa shape index (κ3) is 5.39. The van der Waals surface area contributed by atoms with Crippen molar-refractivity contribution >= 4 is 33.2 Å². The van der Waals surface area contributed by atoms with E-state index in [0.717, 1.165) is 49.4 Å². The number of morpholine rings is 1. The fourth-order valence-electron chi connectivity index (χ4n) is 4.99. The molecule has 1 aromatic carbocycles. The van der Waals surface area contributed by atoms with E-state index >= 15 is 0 Å². The van der Waals surface area contributed by atoms with Gasteiger partial charge in [-0.3, -0.25) is 0 Å². The van der Waals surface area contributed by atoms with E-state index in [1.807, 2.05) is 18.2 Å². The predicted molar refractivity (Wildman–Crippen MR) is 144 cm³/mol. The van der Waals surface area contributed by atoms with Gasteiger partial charge in [-0.05, 0) is 68.1 Å². The molecule has 1 saturated carbocycles. The number of aryl methyl sites for hydroxylation is 1. The molecule has 2 saturated heterocycles. The van der Waals surface area contributed by atoms with Crippen LogP contribution in [-0.4, -0.2) is 67.0 Å². The van der Waals surface area contributed by atoms with Crippen LogP contribution in [0.25, 0.3) is 11.3 Å². The largest absolute Gasteiger partial charge is 0.374 e. The summed E-state index contributed by atoms with van der Waals surface area (Å²) in [5, 5.41) is 6.26. The van der Waals surface area contributed by atoms with Crippen LogP contribution in [0.5, 0.6) is 0 Å². The Labute approximate surface area is 216 Å². The maximum Gasteiger partial charge on any atom is 0.227 e. The average Bonchev–Trinajstić information content (AvgIpc) is 3.57. The highest BCUT2D eigenvalue weighted by Gasteiger charge is 2.39. The molecule has 2 aliphatic heterocycles. The highest BCUT2D eigenvalue weighted by Crippen LogP contribution is 2.35. The summed E-state index contributed by atoms with van der Waals surface area (Å²) in [6.45, 7) is 4.71. The van der Waals surface area contributed by atoms with Crippen molar-refractivity contribution < 1.29 is 13.2 Å². The summed E-state index contributed by atoms with van der Waals surface area (Å²) in [7, 11) is -3.16. The van der Waals surface area contributed by atoms with E-state index in [1.54, 1.807) is 12.4 Å². The zero-order chi connectivity index (χ0) is 25.4. The van der Waals surface area contributed by atoms with Crippen LogP contribution in [-0.2, 0) is 14.8 Å². The lowest BCUT2D eigenvalue weighted by molar-refractivity contribution is 0.0991. The van der Waals surface area contributed by atoms with Gasteiger partial charge in [-0.1, -0.05) is 0 Å². The van der Waals surface area contributed by atoms with Crippen LogP contribution in [0.3, 0.4) is 0 Å². The lowest BCUT2D eigenvalue weighted by Gasteiger charge is -2.30. The monoisotopic (exact) mass is 521 g/mol. The molecule has 3 aliphatic rings. The molecule has 194 valence electrons. The van der Waals surface area contributed by atoms with Gasteiger partial charge in [0.05, 0.1) is 29.7 Å². The van der Waals surface area contributed by atoms with Crippen LogP contribution < -0.4 is 20.3 Å². The number of rotatable bonds is 10. The smallest absolute Gasteiger partial charge is 0.227 e. The van der Waals surface area contributed by atoms with Gasteiger partial charge in [0, 0.05) is 49.0 Å². The van der Waals surface area contributed by atoms with E-state index < -0.39 is 10.0 Å². The Balaban J connectivity index is 1.06. The van der Waals surface area contributed by atoms with Crippen LogP contribution >= 0.6 is 0 Å². The highest BCUT2D eigenvalue weighted by molar-refractivity contribution is 7.90. The van der Waals surface area contributed by atoms with Gasteiger partial charge in [-0.2, -0.15) is 0 Å². The predicted octanol–water partition coefficient (Wildman–Crippen LogP) is 3.06. The number of hydrogen-bond acceptors (Lipinski definition) is 9. The van der Waals surface area contributed by atoms with Gasteiger partial charge in [0.2, 0.25) is 16.0 Å². The summed E-state index contributed by atoms with van der Waals surface area (Å²) in [6.07, 6.45) is 6.47. The van der Waals surface area contributed by atoms with Gasteiger partial charge in [0.15, 0.2) is 0 Å². The Hall–Kier alpha value is -3.28. The topological polar surface area (TPSA) is 121 Å². The van der Waals surface area contributed by atoms with Crippen molar-refractivity contribution in [1.29, 1.82) is 0 Å². The summed E-state index contributed by atoms with van der Waals surface area (Å²) >= 11 is 0. The molecule has 1 aliphatic carbocycles. The number of ether oxygens (including phenoxy) is 1. The zero-order valence-electron chi connectivity index (χ0n) is 20.7. The molecule has 2 aromatic heterocycles. The first-order valence-corrected chi connectivity index (χ1v) is 14.3. The molecule has 10 nitrogen and oxygen atoms in total. The van der Waals surface area contributed by atoms with Crippen LogP contribution in [0, 0.1) is 6.92 Å². The standard InChI is InChI=1S/C26H31N7O3S/c1-17-12-19(3-6-24(17)33-15-21-13-20(33)16-36-21)31-26-28-9-8-23(32-26)18-2-7-25(29-14-18)27-10-11-30-37(34,35)22-4-5-22/h2-3,6-9,12,14,20-22,30H,4-5,10-11,13,15-16H2,1H3,(H,27,29)(H,28,31,32). The lowest BCUT2D eigenvalue weighted by Crippen LogP contribution is -2.37. The Morgan fingerprint density at radius 2 is 2.00 bits per heavy atom. The number of pyridine rings is 1. The number of fused-ring (bicyclic) bond motifs is 2. The average molecular weight is 522 g/mol. The third-order valence-electron chi connectivity index (χ3n) is 7.08. The molecule has 3 N–H and O–H groups in total. The molecule has 2 bridgehead atoms. The molecule has 0 radical (unpaired) electrons. The van der Waals surface area contributed by atoms with Crippen molar-refractivity contribution in [1.82, 2.24) is 19.7 Å². The van der Waals surface area contributed by atoms with Crippen molar-refractivity contribution in [2.75, 3.05) is 41.8 Å². The number of nitrogens with zero attached hydrogens (tertiary/aromatic N) is 4. The van der Waals surface area contributed by atoms with Crippen LogP contribution in [0.1, 0.15) is 24.8 Å². The van der Waals surface area contributed by atoms with E-state index in [9.17, 15) is 8.42 Å². The number of anilines is 4. The second-order valence-electron chi connectivity index (χ2n) is 9.89. The molecule has 2 atom stereocenters. The fourth-order valence-corrected chi connectivity index (χ4v) is 6.37. The number of benzene rings is 1. The number of aromatic nitrogens is 3. The van der Waals surface area contributed by atoms with E-state index in [1.165, 1.54) is 11.3 Å². The molecule has 3 fully saturated rings. The minimum atomic E-state index is -3.16. The molecule has 3 aromatic rings. The Morgan fingerprint density at radius 1 is 1.11 bits per heavy atom. The fraction of sp³-hybridized carbons (Fsp3) is 0.423. The Bertz CT molecular complexity index is 1380. The van der Waals surface area contributed by atoms with E-state index in [-0.39, 0.29) is 5.25 Å². The second kappa shape index (κ2) is 9.88. The molecule has 2 unspecified atom stereocenters. The van der Waals surface area contributed by atoms with E-state index in [4.69, 9.17) is 4.74 Å². The first-order chi connectivity index (χ1) is 17.9. The molecule has 6 rings (SSSR count). The normalized spacial score (nSPS) is 20.8. The first kappa shape index (κ1) is 24.1. The van der Waals surface area contributed by atoms with Crippen LogP contribution in [0.4, 0.5) is 23.1 Å². The van der Waals surface area contributed by atoms with Crippen LogP contribution in [0.15, 0.2) is 48.8 Å². The lowest BCUT2D eigenvalue weighted by atomic mass is 10.1. The van der Waals surface area contributed by atoms with Crippen molar-refractivity contribution in [3.63, 3.8) is 0 Å². The maximum atomic E-state index is 11.9. The minimum absolute atomic E-state index is 0.207. The van der Waals surface area contributed by atoms with Crippen molar-refractivity contribution in [3.05, 3.63) is 54.4 Å². The Morgan fingerprint density at radius 3 is 2.70 bits per heavy atom. The summed E-state index contributed by atoms with van der Waals surface area (Å²) in [4.78, 5) is 16.0. The van der Waals surface area contributed by atoms with Gasteiger partial charge in [-0.15, -0.1) is 0 Å². The van der Waals surface area contributed by atoms with Gasteiger partial charge in [0.1, 0.15) is 5.82 Å². The first-order valence-electron chi connectivity index (χ1n) is 12.7. The third-order valence-corrected chi connectivity index (χ3v) is 9.03. The second-order valence-corrected chi connectivity index (χ2v) is 11.9. The molecular formula is C26H31N7O3S. The number of hydrogen-bond donors (Lipinski definition) is 3. The number of sulfonamides is 1. The zero-order valence-corrected chi connectivity index (χ0v) is 21.5. The van der Waals surface area contributed by atoms with Crippen LogP contribution in [0.2, 0.25) is 0 Å². The highest BCUT2D eigenvalue weighted by atomic mass is 32.2.